The molecular weight excluding hydrogens is 92.1 g/mol. The molecule has 0 aliphatic carbocycles. The molecule has 0 fully saturated rings. The number of nitrogens with zero attached hydrogens (tertiary/aromatic N) is 1. The van der Waals surface area contributed by atoms with Gasteiger partial charge in [0.25, 0.3) is 0 Å². The molecular formula is C4H11N2O. The highest BCUT2D eigenvalue weighted by molar-refractivity contribution is 4.30. The van der Waals surface area contributed by atoms with Crippen LogP contribution in [0.2, 0.25) is 0 Å². The summed E-state index contributed by atoms with van der Waals surface area (Å²) in [7, 11) is 3.37. The van der Waals surface area contributed by atoms with E-state index >= 15 is 0 Å². The quantitative estimate of drug-likeness (QED) is 0.380. The predicted molar refractivity (Wildman–Crippen MR) is 27.9 cm³/mol. The lowest BCUT2D eigenvalue weighted by Gasteiger charge is -1.96. The van der Waals surface area contributed by atoms with E-state index in [0.29, 0.717) is 0 Å². The molecule has 3 heteroatoms. The zero-order chi connectivity index (χ0) is 5.54. The third-order valence-corrected chi connectivity index (χ3v) is 0.576. The van der Waals surface area contributed by atoms with E-state index < -0.39 is 0 Å². The molecule has 1 N–H and O–H groups in total. The van der Waals surface area contributed by atoms with Crippen molar-refractivity contribution in [2.24, 2.45) is 0 Å². The molecule has 0 saturated heterocycles. The third-order valence-electron chi connectivity index (χ3n) is 0.576. The summed E-state index contributed by atoms with van der Waals surface area (Å²) in [6.45, 7) is 1.52. The Balaban J connectivity index is 2.45. The Morgan fingerprint density at radius 3 is 2.86 bits per heavy atom. The zero-order valence-corrected chi connectivity index (χ0v) is 4.77. The van der Waals surface area contributed by atoms with Crippen LogP contribution in [0, 0.1) is 0 Å². The van der Waals surface area contributed by atoms with Gasteiger partial charge in [-0.05, 0) is 0 Å². The number of methoxy groups -OCH3 is 1. The van der Waals surface area contributed by atoms with Crippen molar-refractivity contribution in [3.63, 3.8) is 0 Å². The summed E-state index contributed by atoms with van der Waals surface area (Å²) >= 11 is 0. The minimum absolute atomic E-state index is 0.720. The lowest BCUT2D eigenvalue weighted by Crippen LogP contribution is -2.24. The van der Waals surface area contributed by atoms with Crippen LogP contribution >= 0.6 is 0 Å². The fourth-order valence-corrected chi connectivity index (χ4v) is 0.260. The van der Waals surface area contributed by atoms with Gasteiger partial charge < -0.3 is 4.74 Å². The predicted octanol–water partition coefficient (Wildman–Crippen LogP) is -0.628. The highest BCUT2D eigenvalue weighted by Crippen LogP contribution is 1.58. The van der Waals surface area contributed by atoms with Crippen molar-refractivity contribution < 1.29 is 4.74 Å². The van der Waals surface area contributed by atoms with E-state index in [1.807, 2.05) is 0 Å². The van der Waals surface area contributed by atoms with Crippen LogP contribution in [-0.4, -0.2) is 27.3 Å². The molecule has 0 rings (SSSR count). The van der Waals surface area contributed by atoms with Gasteiger partial charge in [0, 0.05) is 20.7 Å². The third kappa shape index (κ3) is 5.88. The summed E-state index contributed by atoms with van der Waals surface area (Å²) in [5.41, 5.74) is 6.39. The molecule has 0 aliphatic rings. The summed E-state index contributed by atoms with van der Waals surface area (Å²) in [6, 6.07) is 0. The average Bonchev–Trinajstić information content (AvgIpc) is 1.69. The molecule has 0 aliphatic heterocycles. The first-order valence-electron chi connectivity index (χ1n) is 2.22. The van der Waals surface area contributed by atoms with Crippen molar-refractivity contribution in [2.75, 3.05) is 27.3 Å². The molecule has 7 heavy (non-hydrogen) atoms. The van der Waals surface area contributed by atoms with Gasteiger partial charge in [0.1, 0.15) is 0 Å². The summed E-state index contributed by atoms with van der Waals surface area (Å²) < 4.78 is 4.72. The molecule has 1 radical (unpaired) electrons. The number of hydrogen-bond acceptors (Lipinski definition) is 2. The van der Waals surface area contributed by atoms with Crippen LogP contribution in [0.4, 0.5) is 0 Å². The van der Waals surface area contributed by atoms with E-state index in [4.69, 9.17) is 4.74 Å². The molecule has 0 atom stereocenters. The minimum atomic E-state index is 0.720. The molecule has 0 aromatic heterocycles. The van der Waals surface area contributed by atoms with Crippen LogP contribution in [0.15, 0.2) is 0 Å². The van der Waals surface area contributed by atoms with Gasteiger partial charge >= 0.3 is 0 Å². The smallest absolute Gasteiger partial charge is 0.0601 e. The van der Waals surface area contributed by atoms with Gasteiger partial charge in [-0.15, -0.1) is 0 Å². The maximum atomic E-state index is 4.72. The Morgan fingerprint density at radius 1 is 1.71 bits per heavy atom. The van der Waals surface area contributed by atoms with E-state index in [0.717, 1.165) is 13.2 Å². The second kappa shape index (κ2) is 5.88. The Hall–Kier alpha value is -0.120. The average molecular weight is 103 g/mol. The van der Waals surface area contributed by atoms with Crippen molar-refractivity contribution in [1.29, 1.82) is 0 Å². The standard InChI is InChI=1S/C4H11N2O/c1-5-6-3-4-7-2/h6H,3-4H2,1-2H3. The maximum Gasteiger partial charge on any atom is 0.0601 e. The fraction of sp³-hybridized carbons (Fsp3) is 1.00. The second-order valence-electron chi connectivity index (χ2n) is 1.12. The molecule has 0 amide bonds. The van der Waals surface area contributed by atoms with Gasteiger partial charge in [0.2, 0.25) is 0 Å². The Labute approximate surface area is 44.0 Å². The lowest BCUT2D eigenvalue weighted by molar-refractivity contribution is 0.196. The minimum Gasteiger partial charge on any atom is -0.383 e. The van der Waals surface area contributed by atoms with Crippen molar-refractivity contribution in [3.05, 3.63) is 0 Å². The largest absolute Gasteiger partial charge is 0.383 e. The first kappa shape index (κ1) is 6.88. The second-order valence-corrected chi connectivity index (χ2v) is 1.12. The zero-order valence-electron chi connectivity index (χ0n) is 4.77. The monoisotopic (exact) mass is 103 g/mol. The van der Waals surface area contributed by atoms with Gasteiger partial charge in [0.15, 0.2) is 0 Å². The van der Waals surface area contributed by atoms with Gasteiger partial charge in [-0.25, -0.2) is 5.43 Å². The van der Waals surface area contributed by atoms with E-state index in [1.165, 1.54) is 0 Å². The van der Waals surface area contributed by atoms with Crippen LogP contribution in [0.3, 0.4) is 0 Å². The summed E-state index contributed by atoms with van der Waals surface area (Å²) in [5.74, 6) is 0. The van der Waals surface area contributed by atoms with Gasteiger partial charge in [-0.3, -0.25) is 0 Å². The number of rotatable bonds is 4. The normalized spacial score (nSPS) is 9.43. The van der Waals surface area contributed by atoms with Crippen molar-refractivity contribution in [3.8, 4) is 0 Å². The summed E-state index contributed by atoms with van der Waals surface area (Å²) in [5, 5.41) is 0. The first-order valence-corrected chi connectivity index (χ1v) is 2.22. The Bertz CT molecular complexity index is 28.9. The highest BCUT2D eigenvalue weighted by Gasteiger charge is 1.77. The molecule has 3 nitrogen and oxygen atoms in total. The van der Waals surface area contributed by atoms with Crippen LogP contribution < -0.4 is 10.9 Å². The van der Waals surface area contributed by atoms with E-state index in [-0.39, 0.29) is 0 Å². The van der Waals surface area contributed by atoms with E-state index in [9.17, 15) is 0 Å². The molecule has 43 valence electrons. The molecule has 0 bridgehead atoms. The van der Waals surface area contributed by atoms with Crippen molar-refractivity contribution >= 4 is 0 Å². The van der Waals surface area contributed by atoms with Crippen molar-refractivity contribution in [1.82, 2.24) is 10.9 Å². The Morgan fingerprint density at radius 2 is 2.43 bits per heavy atom. The van der Waals surface area contributed by atoms with Crippen LogP contribution in [-0.2, 0) is 4.74 Å². The summed E-state index contributed by atoms with van der Waals surface area (Å²) in [6.07, 6.45) is 0. The molecule has 0 saturated carbocycles. The molecule has 0 unspecified atom stereocenters. The molecule has 0 aromatic carbocycles. The van der Waals surface area contributed by atoms with Gasteiger partial charge in [-0.2, -0.15) is 5.43 Å². The topological polar surface area (TPSA) is 35.4 Å². The van der Waals surface area contributed by atoms with Gasteiger partial charge in [0.05, 0.1) is 6.61 Å². The number of nitrogens with one attached hydrogen (secondary N) is 1. The lowest BCUT2D eigenvalue weighted by atomic mass is 10.7. The molecule has 0 spiro atoms. The maximum absolute atomic E-state index is 4.72. The van der Waals surface area contributed by atoms with Crippen molar-refractivity contribution in [2.45, 2.75) is 0 Å². The molecule has 0 aromatic rings. The van der Waals surface area contributed by atoms with E-state index in [1.54, 1.807) is 14.2 Å². The van der Waals surface area contributed by atoms with Gasteiger partial charge in [-0.1, -0.05) is 0 Å². The van der Waals surface area contributed by atoms with Crippen LogP contribution in [0.1, 0.15) is 0 Å². The number of ether oxygens (including phenoxy) is 1. The Kier molecular flexibility index (Phi) is 5.78. The summed E-state index contributed by atoms with van der Waals surface area (Å²) in [4.78, 5) is 0. The first-order chi connectivity index (χ1) is 3.41. The van der Waals surface area contributed by atoms with Crippen LogP contribution in [0.5, 0.6) is 0 Å². The molecule has 0 heterocycles. The fourth-order valence-electron chi connectivity index (χ4n) is 0.260. The SMILES string of the molecule is C[N]NCCOC. The number of hydrogen-bond donors (Lipinski definition) is 1. The highest BCUT2D eigenvalue weighted by atomic mass is 16.5. The van der Waals surface area contributed by atoms with Crippen LogP contribution in [0.25, 0.3) is 0 Å². The van der Waals surface area contributed by atoms with E-state index in [2.05, 4.69) is 10.9 Å².